The molecule has 1 aromatic carbocycles. The summed E-state index contributed by atoms with van der Waals surface area (Å²) in [5, 5.41) is 7.18. The van der Waals surface area contributed by atoms with E-state index in [1.54, 1.807) is 14.0 Å². The van der Waals surface area contributed by atoms with E-state index in [-0.39, 0.29) is 35.8 Å². The molecule has 0 fully saturated rings. The molecule has 0 bridgehead atoms. The molecule has 162 valence electrons. The minimum atomic E-state index is -3.18. The third-order valence-corrected chi connectivity index (χ3v) is 6.07. The lowest BCUT2D eigenvalue weighted by Gasteiger charge is -2.31. The number of nitrogens with zero attached hydrogens (tertiary/aromatic N) is 2. The monoisotopic (exact) mass is 545 g/mol. The number of sulfonamides is 1. The average molecular weight is 546 g/mol. The summed E-state index contributed by atoms with van der Waals surface area (Å²) in [7, 11) is -1.49. The van der Waals surface area contributed by atoms with Gasteiger partial charge in [0.1, 0.15) is 0 Å². The predicted molar refractivity (Wildman–Crippen MR) is 129 cm³/mol. The molecule has 0 aromatic heterocycles. The molecule has 1 rings (SSSR count). The Balaban J connectivity index is 0.00000729. The molecule has 0 spiro atoms. The van der Waals surface area contributed by atoms with Crippen molar-refractivity contribution in [2.45, 2.75) is 26.8 Å². The van der Waals surface area contributed by atoms with Crippen molar-refractivity contribution in [1.82, 2.24) is 20.3 Å². The molecule has 7 nitrogen and oxygen atoms in total. The fraction of sp³-hybridized carbons (Fsp3) is 0.611. The highest BCUT2D eigenvalue weighted by Crippen LogP contribution is 2.26. The molecule has 0 aliphatic heterocycles. The molecule has 0 aliphatic carbocycles. The lowest BCUT2D eigenvalue weighted by Crippen LogP contribution is -2.45. The van der Waals surface area contributed by atoms with E-state index in [0.29, 0.717) is 25.6 Å². The van der Waals surface area contributed by atoms with Crippen LogP contribution in [0.5, 0.6) is 0 Å². The number of nitrogens with one attached hydrogen (secondary N) is 3. The van der Waals surface area contributed by atoms with Crippen LogP contribution < -0.4 is 15.4 Å². The second kappa shape index (κ2) is 14.4. The minimum absolute atomic E-state index is 0. The molecule has 0 amide bonds. The van der Waals surface area contributed by atoms with E-state index < -0.39 is 10.0 Å². The molecule has 0 radical (unpaired) electrons. The summed E-state index contributed by atoms with van der Waals surface area (Å²) >= 11 is 6.42. The maximum Gasteiger partial charge on any atom is 0.211 e. The SMILES string of the molecule is CCN(CC)C(CNC(=NC)NCCNS(=O)(=O)CC)c1ccccc1Cl.I. The van der Waals surface area contributed by atoms with Crippen LogP contribution in [0.15, 0.2) is 29.3 Å². The van der Waals surface area contributed by atoms with Gasteiger partial charge in [0.15, 0.2) is 5.96 Å². The van der Waals surface area contributed by atoms with Crippen molar-refractivity contribution in [2.24, 2.45) is 4.99 Å². The van der Waals surface area contributed by atoms with Gasteiger partial charge in [-0.25, -0.2) is 13.1 Å². The van der Waals surface area contributed by atoms with E-state index in [1.165, 1.54) is 0 Å². The summed E-state index contributed by atoms with van der Waals surface area (Å²) in [6.45, 7) is 9.05. The Morgan fingerprint density at radius 3 is 2.32 bits per heavy atom. The van der Waals surface area contributed by atoms with E-state index >= 15 is 0 Å². The van der Waals surface area contributed by atoms with Gasteiger partial charge in [0, 0.05) is 31.7 Å². The molecule has 1 atom stereocenters. The topological polar surface area (TPSA) is 85.8 Å². The maximum absolute atomic E-state index is 11.5. The number of rotatable bonds is 11. The number of benzene rings is 1. The highest BCUT2D eigenvalue weighted by Gasteiger charge is 2.20. The van der Waals surface area contributed by atoms with Gasteiger partial charge < -0.3 is 10.6 Å². The zero-order chi connectivity index (χ0) is 20.3. The van der Waals surface area contributed by atoms with Crippen molar-refractivity contribution >= 4 is 51.6 Å². The molecular formula is C18H33ClIN5O2S. The van der Waals surface area contributed by atoms with Crippen molar-refractivity contribution < 1.29 is 8.42 Å². The first-order chi connectivity index (χ1) is 12.9. The molecule has 3 N–H and O–H groups in total. The van der Waals surface area contributed by atoms with Crippen LogP contribution in [-0.4, -0.2) is 64.8 Å². The summed E-state index contributed by atoms with van der Waals surface area (Å²) in [4.78, 5) is 6.54. The van der Waals surface area contributed by atoms with Gasteiger partial charge in [-0.15, -0.1) is 24.0 Å². The van der Waals surface area contributed by atoms with Crippen LogP contribution in [0.1, 0.15) is 32.4 Å². The fourth-order valence-electron chi connectivity index (χ4n) is 2.75. The Hall–Kier alpha value is -0.620. The molecule has 1 aromatic rings. The zero-order valence-corrected chi connectivity index (χ0v) is 20.9. The molecule has 28 heavy (non-hydrogen) atoms. The van der Waals surface area contributed by atoms with Gasteiger partial charge in [0.05, 0.1) is 11.8 Å². The largest absolute Gasteiger partial charge is 0.355 e. The van der Waals surface area contributed by atoms with Gasteiger partial charge in [-0.2, -0.15) is 0 Å². The molecule has 0 aliphatic rings. The third-order valence-electron chi connectivity index (χ3n) is 4.32. The average Bonchev–Trinajstić information content (AvgIpc) is 2.67. The summed E-state index contributed by atoms with van der Waals surface area (Å²) in [5.41, 5.74) is 1.07. The molecule has 0 saturated carbocycles. The van der Waals surface area contributed by atoms with Crippen LogP contribution in [0.3, 0.4) is 0 Å². The van der Waals surface area contributed by atoms with E-state index in [0.717, 1.165) is 23.7 Å². The molecule has 0 heterocycles. The van der Waals surface area contributed by atoms with Gasteiger partial charge >= 0.3 is 0 Å². The van der Waals surface area contributed by atoms with Crippen molar-refractivity contribution in [3.05, 3.63) is 34.9 Å². The van der Waals surface area contributed by atoms with Crippen molar-refractivity contribution in [1.29, 1.82) is 0 Å². The van der Waals surface area contributed by atoms with E-state index in [9.17, 15) is 8.42 Å². The van der Waals surface area contributed by atoms with Crippen LogP contribution in [0, 0.1) is 0 Å². The second-order valence-electron chi connectivity index (χ2n) is 5.94. The fourth-order valence-corrected chi connectivity index (χ4v) is 3.63. The van der Waals surface area contributed by atoms with Gasteiger partial charge in [-0.05, 0) is 31.6 Å². The Morgan fingerprint density at radius 2 is 1.79 bits per heavy atom. The predicted octanol–water partition coefficient (Wildman–Crippen LogP) is 2.45. The number of hydrogen-bond acceptors (Lipinski definition) is 4. The number of likely N-dealkylation sites (N-methyl/N-ethyl adjacent to an activating group) is 1. The van der Waals surface area contributed by atoms with Gasteiger partial charge in [-0.3, -0.25) is 9.89 Å². The van der Waals surface area contributed by atoms with Crippen LogP contribution in [0.2, 0.25) is 5.02 Å². The first-order valence-electron chi connectivity index (χ1n) is 9.28. The first-order valence-corrected chi connectivity index (χ1v) is 11.3. The Morgan fingerprint density at radius 1 is 1.14 bits per heavy atom. The van der Waals surface area contributed by atoms with E-state index in [4.69, 9.17) is 11.6 Å². The Kier molecular flexibility index (Phi) is 14.1. The van der Waals surface area contributed by atoms with Crippen molar-refractivity contribution in [3.8, 4) is 0 Å². The first kappa shape index (κ1) is 27.4. The highest BCUT2D eigenvalue weighted by molar-refractivity contribution is 14.0. The number of hydrogen-bond donors (Lipinski definition) is 3. The van der Waals surface area contributed by atoms with Crippen LogP contribution in [0.25, 0.3) is 0 Å². The molecule has 1 unspecified atom stereocenters. The summed E-state index contributed by atoms with van der Waals surface area (Å²) in [6.07, 6.45) is 0. The molecule has 10 heteroatoms. The van der Waals surface area contributed by atoms with Gasteiger partial charge in [0.25, 0.3) is 0 Å². The summed E-state index contributed by atoms with van der Waals surface area (Å²) < 4.78 is 25.4. The quantitative estimate of drug-likeness (QED) is 0.172. The number of aliphatic imine (C=N–C) groups is 1. The van der Waals surface area contributed by atoms with E-state index in [2.05, 4.69) is 39.1 Å². The molecular weight excluding hydrogens is 513 g/mol. The van der Waals surface area contributed by atoms with Crippen LogP contribution in [-0.2, 0) is 10.0 Å². The minimum Gasteiger partial charge on any atom is -0.355 e. The van der Waals surface area contributed by atoms with Crippen molar-refractivity contribution in [2.75, 3.05) is 45.5 Å². The molecule has 0 saturated heterocycles. The standard InChI is InChI=1S/C18H32ClN5O2S.HI/c1-5-24(6-2)17(15-10-8-9-11-16(15)19)14-22-18(20-4)21-12-13-23-27(25,26)7-3;/h8-11,17,23H,5-7,12-14H2,1-4H3,(H2,20,21,22);1H. The third kappa shape index (κ3) is 9.25. The van der Waals surface area contributed by atoms with E-state index in [1.807, 2.05) is 24.3 Å². The van der Waals surface area contributed by atoms with Gasteiger partial charge in [0.2, 0.25) is 10.0 Å². The van der Waals surface area contributed by atoms with Gasteiger partial charge in [-0.1, -0.05) is 43.6 Å². The Labute approximate surface area is 191 Å². The zero-order valence-electron chi connectivity index (χ0n) is 17.0. The Bertz CT molecular complexity index is 699. The number of halogens is 2. The number of guanidine groups is 1. The highest BCUT2D eigenvalue weighted by atomic mass is 127. The van der Waals surface area contributed by atoms with Crippen LogP contribution in [0.4, 0.5) is 0 Å². The van der Waals surface area contributed by atoms with Crippen LogP contribution >= 0.6 is 35.6 Å². The maximum atomic E-state index is 11.5. The smallest absolute Gasteiger partial charge is 0.211 e. The lowest BCUT2D eigenvalue weighted by molar-refractivity contribution is 0.219. The lowest BCUT2D eigenvalue weighted by atomic mass is 10.0. The normalized spacial score (nSPS) is 13.1. The summed E-state index contributed by atoms with van der Waals surface area (Å²) in [6, 6.07) is 7.97. The second-order valence-corrected chi connectivity index (χ2v) is 8.44. The van der Waals surface area contributed by atoms with Crippen molar-refractivity contribution in [3.63, 3.8) is 0 Å². The summed E-state index contributed by atoms with van der Waals surface area (Å²) in [5.74, 6) is 0.693.